The van der Waals surface area contributed by atoms with E-state index in [4.69, 9.17) is 9.47 Å². The number of carbonyl (C=O) groups is 1. The van der Waals surface area contributed by atoms with E-state index in [0.29, 0.717) is 21.5 Å². The number of hydrogen-bond acceptors (Lipinski definition) is 3. The van der Waals surface area contributed by atoms with Crippen molar-refractivity contribution in [3.8, 4) is 11.5 Å². The Morgan fingerprint density at radius 3 is 2.33 bits per heavy atom. The Hall–Kier alpha value is -2.01. The highest BCUT2D eigenvalue weighted by molar-refractivity contribution is 9.10. The summed E-state index contributed by atoms with van der Waals surface area (Å²) >= 11 is 3.38. The predicted octanol–water partition coefficient (Wildman–Crippen LogP) is 4.03. The van der Waals surface area contributed by atoms with E-state index in [1.54, 1.807) is 19.2 Å². The summed E-state index contributed by atoms with van der Waals surface area (Å²) in [5.41, 5.74) is 2.27. The first-order chi connectivity index (χ1) is 10.0. The summed E-state index contributed by atoms with van der Waals surface area (Å²) in [7, 11) is 3.07. The van der Waals surface area contributed by atoms with Crippen LogP contribution < -0.4 is 14.8 Å². The van der Waals surface area contributed by atoms with Crippen molar-refractivity contribution < 1.29 is 14.3 Å². The first kappa shape index (κ1) is 15.4. The van der Waals surface area contributed by atoms with Gasteiger partial charge in [-0.1, -0.05) is 17.7 Å². The second-order valence-corrected chi connectivity index (χ2v) is 5.36. The molecule has 2 aromatic carbocycles. The van der Waals surface area contributed by atoms with E-state index in [1.807, 2.05) is 31.2 Å². The minimum Gasteiger partial charge on any atom is -0.497 e. The minimum absolute atomic E-state index is 0.254. The van der Waals surface area contributed by atoms with E-state index in [0.717, 1.165) is 11.3 Å². The molecule has 0 aromatic heterocycles. The molecule has 21 heavy (non-hydrogen) atoms. The lowest BCUT2D eigenvalue weighted by molar-refractivity contribution is 0.102. The molecule has 2 aromatic rings. The lowest BCUT2D eigenvalue weighted by Gasteiger charge is -2.13. The standard InChI is InChI=1S/C16H16BrNO3/c1-10-4-6-11(7-5-10)18-16(19)13-8-12(20-2)9-14(17)15(13)21-3/h4-9H,1-3H3,(H,18,19). The van der Waals surface area contributed by atoms with E-state index in [2.05, 4.69) is 21.2 Å². The number of anilines is 1. The molecular formula is C16H16BrNO3. The van der Waals surface area contributed by atoms with Crippen molar-refractivity contribution in [1.82, 2.24) is 0 Å². The number of methoxy groups -OCH3 is 2. The third-order valence-electron chi connectivity index (χ3n) is 3.01. The van der Waals surface area contributed by atoms with E-state index >= 15 is 0 Å². The fourth-order valence-electron chi connectivity index (χ4n) is 1.90. The third-order valence-corrected chi connectivity index (χ3v) is 3.60. The van der Waals surface area contributed by atoms with E-state index < -0.39 is 0 Å². The van der Waals surface area contributed by atoms with Crippen molar-refractivity contribution in [3.63, 3.8) is 0 Å². The van der Waals surface area contributed by atoms with Crippen LogP contribution in [-0.2, 0) is 0 Å². The summed E-state index contributed by atoms with van der Waals surface area (Å²) in [6.45, 7) is 1.99. The summed E-state index contributed by atoms with van der Waals surface area (Å²) < 4.78 is 11.1. The van der Waals surface area contributed by atoms with Crippen molar-refractivity contribution in [1.29, 1.82) is 0 Å². The first-order valence-electron chi connectivity index (χ1n) is 6.34. The van der Waals surface area contributed by atoms with Gasteiger partial charge >= 0.3 is 0 Å². The molecule has 0 bridgehead atoms. The van der Waals surface area contributed by atoms with Crippen LogP contribution in [-0.4, -0.2) is 20.1 Å². The zero-order valence-electron chi connectivity index (χ0n) is 12.1. The molecule has 0 unspecified atom stereocenters. The monoisotopic (exact) mass is 349 g/mol. The first-order valence-corrected chi connectivity index (χ1v) is 7.14. The second kappa shape index (κ2) is 6.63. The summed E-state index contributed by atoms with van der Waals surface area (Å²) in [5.74, 6) is 0.799. The molecule has 0 saturated carbocycles. The molecule has 0 aliphatic heterocycles. The van der Waals surface area contributed by atoms with Gasteiger partial charge in [-0.25, -0.2) is 0 Å². The van der Waals surface area contributed by atoms with Crippen molar-refractivity contribution >= 4 is 27.5 Å². The molecule has 0 radical (unpaired) electrons. The maximum atomic E-state index is 12.4. The van der Waals surface area contributed by atoms with Crippen LogP contribution in [0.15, 0.2) is 40.9 Å². The summed E-state index contributed by atoms with van der Waals surface area (Å²) in [4.78, 5) is 12.4. The van der Waals surface area contributed by atoms with Gasteiger partial charge in [0.2, 0.25) is 0 Å². The Morgan fingerprint density at radius 1 is 1.10 bits per heavy atom. The van der Waals surface area contributed by atoms with Gasteiger partial charge in [0.05, 0.1) is 24.3 Å². The minimum atomic E-state index is -0.254. The number of aryl methyl sites for hydroxylation is 1. The van der Waals surface area contributed by atoms with Crippen molar-refractivity contribution in [2.24, 2.45) is 0 Å². The average Bonchev–Trinajstić information content (AvgIpc) is 2.48. The zero-order chi connectivity index (χ0) is 15.4. The molecule has 0 spiro atoms. The van der Waals surface area contributed by atoms with E-state index in [-0.39, 0.29) is 5.91 Å². The molecule has 0 aliphatic carbocycles. The van der Waals surface area contributed by atoms with Crippen LogP contribution >= 0.6 is 15.9 Å². The lowest BCUT2D eigenvalue weighted by Crippen LogP contribution is -2.13. The molecule has 5 heteroatoms. The van der Waals surface area contributed by atoms with E-state index in [1.165, 1.54) is 7.11 Å². The molecule has 1 amide bonds. The molecule has 0 heterocycles. The second-order valence-electron chi connectivity index (χ2n) is 4.51. The maximum absolute atomic E-state index is 12.4. The molecular weight excluding hydrogens is 334 g/mol. The highest BCUT2D eigenvalue weighted by Gasteiger charge is 2.17. The normalized spacial score (nSPS) is 10.1. The van der Waals surface area contributed by atoms with Crippen LogP contribution in [0.25, 0.3) is 0 Å². The molecule has 0 aliphatic rings. The van der Waals surface area contributed by atoms with Crippen LogP contribution in [0, 0.1) is 6.92 Å². The number of amides is 1. The predicted molar refractivity (Wildman–Crippen MR) is 86.4 cm³/mol. The van der Waals surface area contributed by atoms with E-state index in [9.17, 15) is 4.79 Å². The summed E-state index contributed by atoms with van der Waals surface area (Å²) in [5, 5.41) is 2.84. The maximum Gasteiger partial charge on any atom is 0.259 e. The van der Waals surface area contributed by atoms with Crippen LogP contribution in [0.5, 0.6) is 11.5 Å². The third kappa shape index (κ3) is 3.55. The quantitative estimate of drug-likeness (QED) is 0.906. The molecule has 1 N–H and O–H groups in total. The van der Waals surface area contributed by atoms with Crippen molar-refractivity contribution in [2.75, 3.05) is 19.5 Å². The van der Waals surface area contributed by atoms with Gasteiger partial charge in [0.15, 0.2) is 0 Å². The Balaban J connectivity index is 2.33. The zero-order valence-corrected chi connectivity index (χ0v) is 13.7. The number of carbonyl (C=O) groups excluding carboxylic acids is 1. The topological polar surface area (TPSA) is 47.6 Å². The Morgan fingerprint density at radius 2 is 1.76 bits per heavy atom. The average molecular weight is 350 g/mol. The SMILES string of the molecule is COc1cc(Br)c(OC)c(C(=O)Nc2ccc(C)cc2)c1. The van der Waals surface area contributed by atoms with Crippen molar-refractivity contribution in [3.05, 3.63) is 52.0 Å². The van der Waals surface area contributed by atoms with Crippen LogP contribution in [0.2, 0.25) is 0 Å². The van der Waals surface area contributed by atoms with Gasteiger partial charge in [0.1, 0.15) is 11.5 Å². The Kier molecular flexibility index (Phi) is 4.85. The Labute approximate surface area is 132 Å². The number of hydrogen-bond donors (Lipinski definition) is 1. The Bertz CT molecular complexity index is 653. The summed E-state index contributed by atoms with van der Waals surface area (Å²) in [6, 6.07) is 11.0. The van der Waals surface area contributed by atoms with Gasteiger partial charge in [-0.3, -0.25) is 4.79 Å². The fourth-order valence-corrected chi connectivity index (χ4v) is 2.50. The molecule has 110 valence electrons. The summed E-state index contributed by atoms with van der Waals surface area (Å²) in [6.07, 6.45) is 0. The van der Waals surface area contributed by atoms with Gasteiger partial charge in [-0.15, -0.1) is 0 Å². The van der Waals surface area contributed by atoms with Crippen molar-refractivity contribution in [2.45, 2.75) is 6.92 Å². The largest absolute Gasteiger partial charge is 0.497 e. The number of ether oxygens (including phenoxy) is 2. The van der Waals surface area contributed by atoms with Crippen LogP contribution in [0.1, 0.15) is 15.9 Å². The van der Waals surface area contributed by atoms with Gasteiger partial charge in [-0.05, 0) is 47.1 Å². The van der Waals surface area contributed by atoms with Gasteiger partial charge in [0, 0.05) is 5.69 Å². The van der Waals surface area contributed by atoms with Gasteiger partial charge < -0.3 is 14.8 Å². The number of nitrogens with one attached hydrogen (secondary N) is 1. The lowest BCUT2D eigenvalue weighted by atomic mass is 10.1. The molecule has 0 saturated heterocycles. The van der Waals surface area contributed by atoms with Gasteiger partial charge in [-0.2, -0.15) is 0 Å². The van der Waals surface area contributed by atoms with Gasteiger partial charge in [0.25, 0.3) is 5.91 Å². The number of benzene rings is 2. The molecule has 4 nitrogen and oxygen atoms in total. The molecule has 2 rings (SSSR count). The fraction of sp³-hybridized carbons (Fsp3) is 0.188. The van der Waals surface area contributed by atoms with Crippen LogP contribution in [0.3, 0.4) is 0 Å². The number of halogens is 1. The molecule has 0 fully saturated rings. The molecule has 0 atom stereocenters. The number of rotatable bonds is 4. The van der Waals surface area contributed by atoms with Crippen LogP contribution in [0.4, 0.5) is 5.69 Å². The highest BCUT2D eigenvalue weighted by Crippen LogP contribution is 2.34. The highest BCUT2D eigenvalue weighted by atomic mass is 79.9. The smallest absolute Gasteiger partial charge is 0.259 e.